The van der Waals surface area contributed by atoms with Crippen LogP contribution in [-0.2, 0) is 38.7 Å². The summed E-state index contributed by atoms with van der Waals surface area (Å²) in [4.78, 5) is 25.9. The zero-order valence-electron chi connectivity index (χ0n) is 21.0. The van der Waals surface area contributed by atoms with E-state index in [2.05, 4.69) is 10.0 Å². The van der Waals surface area contributed by atoms with Crippen molar-refractivity contribution < 1.29 is 37.0 Å². The van der Waals surface area contributed by atoms with E-state index in [-0.39, 0.29) is 50.6 Å². The van der Waals surface area contributed by atoms with Gasteiger partial charge in [0.05, 0.1) is 62.9 Å². The van der Waals surface area contributed by atoms with E-state index >= 15 is 0 Å². The van der Waals surface area contributed by atoms with Crippen LogP contribution < -0.4 is 10.0 Å². The minimum atomic E-state index is -3.65. The van der Waals surface area contributed by atoms with Crippen molar-refractivity contribution in [1.29, 1.82) is 0 Å². The summed E-state index contributed by atoms with van der Waals surface area (Å²) in [6, 6.07) is 6.90. The predicted octanol–water partition coefficient (Wildman–Crippen LogP) is 1.47. The maximum atomic E-state index is 13.2. The first-order chi connectivity index (χ1) is 17.7. The second-order valence-corrected chi connectivity index (χ2v) is 10.3. The number of benzene rings is 1. The van der Waals surface area contributed by atoms with E-state index in [1.54, 1.807) is 38.1 Å². The SMILES string of the molecule is CCOC(=O)C1=C(COCCNS(=O)(=O)N2CCOCC2)NC(C)=C(C(=O)OC)C1c1ccccc1Cl. The summed E-state index contributed by atoms with van der Waals surface area (Å²) in [6.45, 7) is 4.74. The van der Waals surface area contributed by atoms with E-state index < -0.39 is 28.1 Å². The summed E-state index contributed by atoms with van der Waals surface area (Å²) in [5.74, 6) is -2.12. The number of rotatable bonds is 11. The van der Waals surface area contributed by atoms with Crippen molar-refractivity contribution in [3.8, 4) is 0 Å². The van der Waals surface area contributed by atoms with Crippen LogP contribution in [0.4, 0.5) is 0 Å². The maximum Gasteiger partial charge on any atom is 0.336 e. The summed E-state index contributed by atoms with van der Waals surface area (Å²) in [5.41, 5.74) is 1.76. The lowest BCUT2D eigenvalue weighted by Crippen LogP contribution is -2.47. The molecular formula is C24H32ClN3O8S. The first kappa shape index (κ1) is 29.1. The highest BCUT2D eigenvalue weighted by atomic mass is 35.5. The number of allylic oxidation sites excluding steroid dienone is 1. The molecule has 2 heterocycles. The highest BCUT2D eigenvalue weighted by Gasteiger charge is 2.39. The first-order valence-corrected chi connectivity index (χ1v) is 13.6. The number of morpholine rings is 1. The van der Waals surface area contributed by atoms with Crippen molar-refractivity contribution in [2.24, 2.45) is 0 Å². The predicted molar refractivity (Wildman–Crippen MR) is 136 cm³/mol. The Morgan fingerprint density at radius 1 is 1.19 bits per heavy atom. The Kier molecular flexibility index (Phi) is 10.5. The Balaban J connectivity index is 1.83. The molecule has 0 bridgehead atoms. The molecule has 0 aliphatic carbocycles. The molecule has 37 heavy (non-hydrogen) atoms. The number of hydrogen-bond acceptors (Lipinski definition) is 9. The molecule has 1 aromatic carbocycles. The highest BCUT2D eigenvalue weighted by Crippen LogP contribution is 2.41. The van der Waals surface area contributed by atoms with Gasteiger partial charge in [-0.3, -0.25) is 0 Å². The van der Waals surface area contributed by atoms with Gasteiger partial charge >= 0.3 is 11.9 Å². The van der Waals surface area contributed by atoms with Crippen LogP contribution in [0, 0.1) is 0 Å². The lowest BCUT2D eigenvalue weighted by molar-refractivity contribution is -0.139. The molecule has 0 spiro atoms. The van der Waals surface area contributed by atoms with Crippen LogP contribution in [0.15, 0.2) is 46.8 Å². The summed E-state index contributed by atoms with van der Waals surface area (Å²) in [7, 11) is -2.39. The van der Waals surface area contributed by atoms with E-state index in [0.717, 1.165) is 0 Å². The second-order valence-electron chi connectivity index (χ2n) is 8.19. The molecule has 1 unspecified atom stereocenters. The lowest BCUT2D eigenvalue weighted by atomic mass is 9.80. The maximum absolute atomic E-state index is 13.2. The molecule has 0 aromatic heterocycles. The number of nitrogens with one attached hydrogen (secondary N) is 2. The highest BCUT2D eigenvalue weighted by molar-refractivity contribution is 7.87. The van der Waals surface area contributed by atoms with Gasteiger partial charge in [-0.1, -0.05) is 29.8 Å². The summed E-state index contributed by atoms with van der Waals surface area (Å²) in [6.07, 6.45) is 0. The van der Waals surface area contributed by atoms with Crippen molar-refractivity contribution in [3.63, 3.8) is 0 Å². The van der Waals surface area contributed by atoms with Crippen LogP contribution in [0.25, 0.3) is 0 Å². The Morgan fingerprint density at radius 3 is 2.54 bits per heavy atom. The number of nitrogens with zero attached hydrogens (tertiary/aromatic N) is 1. The quantitative estimate of drug-likeness (QED) is 0.306. The first-order valence-electron chi connectivity index (χ1n) is 11.8. The van der Waals surface area contributed by atoms with E-state index in [1.165, 1.54) is 11.4 Å². The van der Waals surface area contributed by atoms with Gasteiger partial charge in [0.1, 0.15) is 0 Å². The van der Waals surface area contributed by atoms with Crippen LogP contribution in [0.2, 0.25) is 5.02 Å². The summed E-state index contributed by atoms with van der Waals surface area (Å²) < 4.78 is 49.9. The Hall–Kier alpha value is -2.48. The molecule has 1 aromatic rings. The molecule has 1 fully saturated rings. The fourth-order valence-corrected chi connectivity index (χ4v) is 5.55. The smallest absolute Gasteiger partial charge is 0.336 e. The zero-order chi connectivity index (χ0) is 27.0. The minimum Gasteiger partial charge on any atom is -0.466 e. The van der Waals surface area contributed by atoms with Gasteiger partial charge in [-0.25, -0.2) is 9.59 Å². The third-order valence-electron chi connectivity index (χ3n) is 5.85. The van der Waals surface area contributed by atoms with Gasteiger partial charge in [-0.05, 0) is 25.5 Å². The number of esters is 2. The van der Waals surface area contributed by atoms with Crippen molar-refractivity contribution in [2.75, 3.05) is 59.8 Å². The van der Waals surface area contributed by atoms with Gasteiger partial charge in [0, 0.05) is 30.4 Å². The number of methoxy groups -OCH3 is 1. The van der Waals surface area contributed by atoms with Gasteiger partial charge in [0.15, 0.2) is 0 Å². The van der Waals surface area contributed by atoms with Gasteiger partial charge in [-0.2, -0.15) is 17.4 Å². The average Bonchev–Trinajstić information content (AvgIpc) is 2.88. The largest absolute Gasteiger partial charge is 0.466 e. The summed E-state index contributed by atoms with van der Waals surface area (Å²) in [5, 5.41) is 3.44. The Bertz CT molecular complexity index is 1160. The number of carbonyl (C=O) groups excluding carboxylic acids is 2. The van der Waals surface area contributed by atoms with Gasteiger partial charge in [0.25, 0.3) is 10.2 Å². The van der Waals surface area contributed by atoms with E-state index in [9.17, 15) is 18.0 Å². The number of dihydropyridines is 1. The van der Waals surface area contributed by atoms with Crippen LogP contribution in [-0.4, -0.2) is 84.4 Å². The van der Waals surface area contributed by atoms with E-state index in [0.29, 0.717) is 35.2 Å². The average molecular weight is 558 g/mol. The Labute approximate surface area is 221 Å². The van der Waals surface area contributed by atoms with Gasteiger partial charge in [0.2, 0.25) is 0 Å². The lowest BCUT2D eigenvalue weighted by Gasteiger charge is -2.31. The normalized spacial score (nSPS) is 19.0. The Morgan fingerprint density at radius 2 is 1.89 bits per heavy atom. The van der Waals surface area contributed by atoms with Crippen LogP contribution in [0.1, 0.15) is 25.3 Å². The molecule has 204 valence electrons. The fourth-order valence-electron chi connectivity index (χ4n) is 4.16. The number of halogens is 1. The second kappa shape index (κ2) is 13.4. The van der Waals surface area contributed by atoms with E-state index in [4.69, 9.17) is 30.5 Å². The molecule has 13 heteroatoms. The molecule has 1 atom stereocenters. The summed E-state index contributed by atoms with van der Waals surface area (Å²) >= 11 is 6.49. The van der Waals surface area contributed by atoms with Crippen molar-refractivity contribution in [3.05, 3.63) is 57.4 Å². The molecular weight excluding hydrogens is 526 g/mol. The third-order valence-corrected chi connectivity index (χ3v) is 7.81. The minimum absolute atomic E-state index is 0.0257. The van der Waals surface area contributed by atoms with E-state index in [1.807, 2.05) is 0 Å². The fraction of sp³-hybridized carbons (Fsp3) is 0.500. The molecule has 0 radical (unpaired) electrons. The number of ether oxygens (including phenoxy) is 4. The van der Waals surface area contributed by atoms with Crippen LogP contribution >= 0.6 is 11.6 Å². The van der Waals surface area contributed by atoms with Gasteiger partial charge < -0.3 is 24.3 Å². The molecule has 2 aliphatic rings. The van der Waals surface area contributed by atoms with Gasteiger partial charge in [-0.15, -0.1) is 0 Å². The molecule has 2 N–H and O–H groups in total. The third kappa shape index (κ3) is 7.09. The molecule has 11 nitrogen and oxygen atoms in total. The molecule has 1 saturated heterocycles. The van der Waals surface area contributed by atoms with Crippen LogP contribution in [0.3, 0.4) is 0 Å². The number of carbonyl (C=O) groups is 2. The monoisotopic (exact) mass is 557 g/mol. The van der Waals surface area contributed by atoms with Crippen molar-refractivity contribution in [1.82, 2.24) is 14.3 Å². The standard InChI is InChI=1S/C24H32ClN3O8S/c1-4-36-24(30)22-19(15-35-12-9-26-37(31,32)28-10-13-34-14-11-28)27-16(2)20(23(29)33-3)21(22)17-7-5-6-8-18(17)25/h5-8,21,26-27H,4,9-15H2,1-3H3. The molecule has 0 saturated carbocycles. The zero-order valence-corrected chi connectivity index (χ0v) is 22.6. The molecule has 2 aliphatic heterocycles. The topological polar surface area (TPSA) is 132 Å². The van der Waals surface area contributed by atoms with Crippen LogP contribution in [0.5, 0.6) is 0 Å². The molecule has 0 amide bonds. The number of hydrogen-bond donors (Lipinski definition) is 2. The van der Waals surface area contributed by atoms with Crippen molar-refractivity contribution in [2.45, 2.75) is 19.8 Å². The van der Waals surface area contributed by atoms with Crippen molar-refractivity contribution >= 4 is 33.7 Å². The molecule has 3 rings (SSSR count).